The number of hydrogen-bond donors (Lipinski definition) is 0. The van der Waals surface area contributed by atoms with E-state index in [4.69, 9.17) is 0 Å². The lowest BCUT2D eigenvalue weighted by molar-refractivity contribution is 0.511. The van der Waals surface area contributed by atoms with Crippen LogP contribution in [0.1, 0.15) is 12.5 Å². The first kappa shape index (κ1) is 9.06. The van der Waals surface area contributed by atoms with Gasteiger partial charge in [-0.1, -0.05) is 6.92 Å². The standard InChI is InChI=1S/C11H9F2N/c1-2-7-5-14-6-8-3-10(12)11(13)4-9(7)8/h3-6H,2H2,1H3. The molecule has 2 aromatic rings. The van der Waals surface area contributed by atoms with Gasteiger partial charge in [0, 0.05) is 17.8 Å². The quantitative estimate of drug-likeness (QED) is 0.678. The maximum absolute atomic E-state index is 13.0. The lowest BCUT2D eigenvalue weighted by Gasteiger charge is -2.03. The fourth-order valence-electron chi connectivity index (χ4n) is 1.51. The molecule has 0 aliphatic heterocycles. The molecule has 0 bridgehead atoms. The van der Waals surface area contributed by atoms with E-state index in [-0.39, 0.29) is 0 Å². The van der Waals surface area contributed by atoms with E-state index in [1.165, 1.54) is 18.3 Å². The van der Waals surface area contributed by atoms with Crippen molar-refractivity contribution in [3.63, 3.8) is 0 Å². The molecule has 1 aromatic carbocycles. The molecule has 72 valence electrons. The summed E-state index contributed by atoms with van der Waals surface area (Å²) in [5.74, 6) is -1.63. The maximum Gasteiger partial charge on any atom is 0.159 e. The van der Waals surface area contributed by atoms with Gasteiger partial charge >= 0.3 is 0 Å². The molecule has 0 spiro atoms. The molecule has 0 saturated heterocycles. The van der Waals surface area contributed by atoms with Gasteiger partial charge in [0.15, 0.2) is 11.6 Å². The van der Waals surface area contributed by atoms with E-state index in [2.05, 4.69) is 4.98 Å². The van der Waals surface area contributed by atoms with Crippen molar-refractivity contribution in [2.45, 2.75) is 13.3 Å². The number of nitrogens with zero attached hydrogens (tertiary/aromatic N) is 1. The van der Waals surface area contributed by atoms with Gasteiger partial charge in [0.25, 0.3) is 0 Å². The summed E-state index contributed by atoms with van der Waals surface area (Å²) in [6, 6.07) is 2.40. The lowest BCUT2D eigenvalue weighted by Crippen LogP contribution is -1.90. The molecule has 3 heteroatoms. The van der Waals surface area contributed by atoms with Crippen molar-refractivity contribution < 1.29 is 8.78 Å². The molecule has 1 heterocycles. The lowest BCUT2D eigenvalue weighted by atomic mass is 10.1. The molecule has 0 aliphatic rings. The van der Waals surface area contributed by atoms with Crippen molar-refractivity contribution >= 4 is 10.8 Å². The Morgan fingerprint density at radius 2 is 1.86 bits per heavy atom. The Hall–Kier alpha value is -1.51. The number of aromatic nitrogens is 1. The van der Waals surface area contributed by atoms with Crippen LogP contribution in [-0.2, 0) is 6.42 Å². The summed E-state index contributed by atoms with van der Waals surface area (Å²) in [6.07, 6.45) is 3.98. The van der Waals surface area contributed by atoms with Crippen LogP contribution in [0.25, 0.3) is 10.8 Å². The third-order valence-electron chi connectivity index (χ3n) is 2.26. The normalized spacial score (nSPS) is 10.8. The molecule has 0 saturated carbocycles. The molecule has 1 nitrogen and oxygen atoms in total. The average Bonchev–Trinajstić information content (AvgIpc) is 2.19. The summed E-state index contributed by atoms with van der Waals surface area (Å²) < 4.78 is 25.9. The highest BCUT2D eigenvalue weighted by molar-refractivity contribution is 5.84. The second kappa shape index (κ2) is 3.33. The predicted molar refractivity (Wildman–Crippen MR) is 51.0 cm³/mol. The van der Waals surface area contributed by atoms with Crippen molar-refractivity contribution in [3.8, 4) is 0 Å². The largest absolute Gasteiger partial charge is 0.264 e. The number of aryl methyl sites for hydroxylation is 1. The van der Waals surface area contributed by atoms with Gasteiger partial charge in [0.05, 0.1) is 0 Å². The fourth-order valence-corrected chi connectivity index (χ4v) is 1.51. The summed E-state index contributed by atoms with van der Waals surface area (Å²) in [4.78, 5) is 3.97. The third kappa shape index (κ3) is 1.35. The molecule has 0 radical (unpaired) electrons. The van der Waals surface area contributed by atoms with Crippen molar-refractivity contribution in [2.24, 2.45) is 0 Å². The summed E-state index contributed by atoms with van der Waals surface area (Å²) in [6.45, 7) is 1.96. The summed E-state index contributed by atoms with van der Waals surface area (Å²) in [5, 5.41) is 1.38. The highest BCUT2D eigenvalue weighted by Crippen LogP contribution is 2.21. The van der Waals surface area contributed by atoms with E-state index < -0.39 is 11.6 Å². The minimum absolute atomic E-state index is 0.642. The number of halogens is 2. The highest BCUT2D eigenvalue weighted by atomic mass is 19.2. The zero-order valence-electron chi connectivity index (χ0n) is 7.72. The van der Waals surface area contributed by atoms with Crippen LogP contribution in [-0.4, -0.2) is 4.98 Å². The van der Waals surface area contributed by atoms with Gasteiger partial charge < -0.3 is 0 Å². The first-order valence-electron chi connectivity index (χ1n) is 4.44. The fraction of sp³-hybridized carbons (Fsp3) is 0.182. The number of pyridine rings is 1. The first-order chi connectivity index (χ1) is 6.72. The molecular weight excluding hydrogens is 184 g/mol. The van der Waals surface area contributed by atoms with Crippen LogP contribution >= 0.6 is 0 Å². The van der Waals surface area contributed by atoms with E-state index in [0.717, 1.165) is 17.4 Å². The number of fused-ring (bicyclic) bond motifs is 1. The van der Waals surface area contributed by atoms with Crippen LogP contribution in [0.15, 0.2) is 24.5 Å². The highest BCUT2D eigenvalue weighted by Gasteiger charge is 2.06. The van der Waals surface area contributed by atoms with Crippen molar-refractivity contribution in [1.29, 1.82) is 0 Å². The zero-order valence-corrected chi connectivity index (χ0v) is 7.72. The Bertz CT molecular complexity index is 480. The third-order valence-corrected chi connectivity index (χ3v) is 2.26. The summed E-state index contributed by atoms with van der Waals surface area (Å²) >= 11 is 0. The monoisotopic (exact) mass is 193 g/mol. The summed E-state index contributed by atoms with van der Waals surface area (Å²) in [7, 11) is 0. The second-order valence-electron chi connectivity index (χ2n) is 3.14. The number of benzene rings is 1. The van der Waals surface area contributed by atoms with E-state index in [1.54, 1.807) is 6.20 Å². The Morgan fingerprint density at radius 3 is 2.57 bits per heavy atom. The van der Waals surface area contributed by atoms with E-state index in [0.29, 0.717) is 5.39 Å². The Kier molecular flexibility index (Phi) is 2.15. The van der Waals surface area contributed by atoms with Crippen LogP contribution in [0.4, 0.5) is 8.78 Å². The van der Waals surface area contributed by atoms with Crippen LogP contribution in [0.5, 0.6) is 0 Å². The molecule has 2 rings (SSSR count). The maximum atomic E-state index is 13.0. The van der Waals surface area contributed by atoms with Crippen LogP contribution in [0.2, 0.25) is 0 Å². The van der Waals surface area contributed by atoms with Gasteiger partial charge in [-0.25, -0.2) is 8.78 Å². The van der Waals surface area contributed by atoms with Crippen molar-refractivity contribution in [2.75, 3.05) is 0 Å². The molecule has 14 heavy (non-hydrogen) atoms. The van der Waals surface area contributed by atoms with Gasteiger partial charge in [-0.05, 0) is 29.5 Å². The predicted octanol–water partition coefficient (Wildman–Crippen LogP) is 3.08. The smallest absolute Gasteiger partial charge is 0.159 e. The Labute approximate surface area is 80.4 Å². The SMILES string of the molecule is CCc1cncc2cc(F)c(F)cc12. The van der Waals surface area contributed by atoms with Gasteiger partial charge in [-0.2, -0.15) is 0 Å². The first-order valence-corrected chi connectivity index (χ1v) is 4.44. The summed E-state index contributed by atoms with van der Waals surface area (Å²) in [5.41, 5.74) is 0.932. The van der Waals surface area contributed by atoms with E-state index in [9.17, 15) is 8.78 Å². The van der Waals surface area contributed by atoms with Gasteiger partial charge in [0.2, 0.25) is 0 Å². The minimum Gasteiger partial charge on any atom is -0.264 e. The topological polar surface area (TPSA) is 12.9 Å². The second-order valence-corrected chi connectivity index (χ2v) is 3.14. The van der Waals surface area contributed by atoms with Crippen molar-refractivity contribution in [1.82, 2.24) is 4.98 Å². The molecule has 0 unspecified atom stereocenters. The number of rotatable bonds is 1. The number of hydrogen-bond acceptors (Lipinski definition) is 1. The molecule has 0 N–H and O–H groups in total. The Balaban J connectivity index is 2.81. The zero-order chi connectivity index (χ0) is 10.1. The average molecular weight is 193 g/mol. The van der Waals surface area contributed by atoms with Crippen molar-refractivity contribution in [3.05, 3.63) is 41.7 Å². The minimum atomic E-state index is -0.826. The van der Waals surface area contributed by atoms with E-state index >= 15 is 0 Å². The molecular formula is C11H9F2N. The van der Waals surface area contributed by atoms with Gasteiger partial charge in [-0.15, -0.1) is 0 Å². The molecule has 0 atom stereocenters. The molecule has 0 fully saturated rings. The van der Waals surface area contributed by atoms with Gasteiger partial charge in [0.1, 0.15) is 0 Å². The van der Waals surface area contributed by atoms with Gasteiger partial charge in [-0.3, -0.25) is 4.98 Å². The molecule has 1 aromatic heterocycles. The molecule has 0 amide bonds. The van der Waals surface area contributed by atoms with Crippen LogP contribution in [0, 0.1) is 11.6 Å². The van der Waals surface area contributed by atoms with Crippen LogP contribution < -0.4 is 0 Å². The van der Waals surface area contributed by atoms with Crippen LogP contribution in [0.3, 0.4) is 0 Å². The Morgan fingerprint density at radius 1 is 1.14 bits per heavy atom. The van der Waals surface area contributed by atoms with E-state index in [1.807, 2.05) is 6.92 Å². The molecule has 0 aliphatic carbocycles.